The molecule has 0 aliphatic rings. The first-order valence-corrected chi connectivity index (χ1v) is 22.2. The van der Waals surface area contributed by atoms with Crippen molar-refractivity contribution in [1.82, 2.24) is 16.0 Å². The molecule has 0 atom stereocenters. The Morgan fingerprint density at radius 2 is 0.453 bits per heavy atom. The summed E-state index contributed by atoms with van der Waals surface area (Å²) >= 11 is 0. The van der Waals surface area contributed by atoms with E-state index in [0.717, 1.165) is 39.0 Å². The highest BCUT2D eigenvalue weighted by Gasteiger charge is 2.36. The first-order valence-electron chi connectivity index (χ1n) is 22.2. The molecule has 0 bridgehead atoms. The van der Waals surface area contributed by atoms with Gasteiger partial charge in [-0.2, -0.15) is 0 Å². The SMILES string of the molecule is CC(COC(=O)CCC(=O)O)(COC(=O)CCC(=O)O)NC(=O)c1cc(C(=O)NC(C)(COC(=O)CCC(=O)O)COC(=O)CCC(=O)O)cc(C(=O)NC(C)(COC(=O)CCC(=O)O)COC(=O)CCC(=O)O)c1. The van der Waals surface area contributed by atoms with Crippen molar-refractivity contribution in [3.63, 3.8) is 0 Å². The zero-order valence-corrected chi connectivity index (χ0v) is 40.7. The number of amides is 3. The average Bonchev–Trinajstić information content (AvgIpc) is 3.33. The zero-order chi connectivity index (χ0) is 57.1. The molecule has 0 heterocycles. The van der Waals surface area contributed by atoms with Gasteiger partial charge < -0.3 is 75.0 Å². The first-order chi connectivity index (χ1) is 34.8. The molecule has 0 spiro atoms. The number of hydrogen-bond acceptors (Lipinski definition) is 21. The van der Waals surface area contributed by atoms with Gasteiger partial charge in [-0.15, -0.1) is 0 Å². The molecule has 30 heteroatoms. The second kappa shape index (κ2) is 31.0. The van der Waals surface area contributed by atoms with Gasteiger partial charge in [-0.3, -0.25) is 71.9 Å². The number of esters is 6. The molecule has 3 amide bonds. The summed E-state index contributed by atoms with van der Waals surface area (Å²) in [6.45, 7) is -1.61. The lowest BCUT2D eigenvalue weighted by atomic mass is 9.98. The van der Waals surface area contributed by atoms with E-state index in [4.69, 9.17) is 59.1 Å². The maximum Gasteiger partial charge on any atom is 0.306 e. The zero-order valence-electron chi connectivity index (χ0n) is 40.7. The summed E-state index contributed by atoms with van der Waals surface area (Å²) in [5.74, 6) is -18.6. The Balaban J connectivity index is 4.00. The summed E-state index contributed by atoms with van der Waals surface area (Å²) in [5, 5.41) is 61.1. The predicted octanol–water partition coefficient (Wildman–Crippen LogP) is -0.400. The van der Waals surface area contributed by atoms with Crippen molar-refractivity contribution >= 4 is 89.4 Å². The number of carboxylic acids is 6. The van der Waals surface area contributed by atoms with E-state index < -0.39 is 239 Å². The molecule has 0 aliphatic carbocycles. The summed E-state index contributed by atoms with van der Waals surface area (Å²) < 4.78 is 30.8. The fourth-order valence-corrected chi connectivity index (χ4v) is 5.53. The molecule has 0 saturated carbocycles. The van der Waals surface area contributed by atoms with Crippen LogP contribution in [0.3, 0.4) is 0 Å². The second-order valence-corrected chi connectivity index (χ2v) is 17.2. The van der Waals surface area contributed by atoms with Gasteiger partial charge in [0.1, 0.15) is 56.3 Å². The Hall–Kier alpha value is -8.73. The van der Waals surface area contributed by atoms with E-state index in [-0.39, 0.29) is 0 Å². The summed E-state index contributed by atoms with van der Waals surface area (Å²) in [5.41, 5.74) is -7.73. The molecule has 1 aromatic rings. The van der Waals surface area contributed by atoms with Gasteiger partial charge in [0, 0.05) is 16.7 Å². The molecular weight excluding hydrogens is 1010 g/mol. The molecule has 0 saturated heterocycles. The van der Waals surface area contributed by atoms with Gasteiger partial charge in [0.2, 0.25) is 0 Å². The fourth-order valence-electron chi connectivity index (χ4n) is 5.53. The average molecular weight is 1070 g/mol. The van der Waals surface area contributed by atoms with Crippen LogP contribution < -0.4 is 16.0 Å². The van der Waals surface area contributed by atoms with E-state index in [9.17, 15) is 71.9 Å². The summed E-state index contributed by atoms with van der Waals surface area (Å²) in [6, 6.07) is 2.56. The molecule has 1 rings (SSSR count). The lowest BCUT2D eigenvalue weighted by molar-refractivity contribution is -0.154. The second-order valence-electron chi connectivity index (χ2n) is 17.2. The molecule has 0 aliphatic heterocycles. The minimum absolute atomic E-state index is 0.614. The quantitative estimate of drug-likeness (QED) is 0.0305. The smallest absolute Gasteiger partial charge is 0.306 e. The third-order valence-electron chi connectivity index (χ3n) is 9.53. The molecule has 30 nitrogen and oxygen atoms in total. The molecule has 9 N–H and O–H groups in total. The van der Waals surface area contributed by atoms with Crippen LogP contribution in [0.5, 0.6) is 0 Å². The lowest BCUT2D eigenvalue weighted by Gasteiger charge is -2.31. The number of ether oxygens (including phenoxy) is 6. The van der Waals surface area contributed by atoms with Crippen LogP contribution in [0.25, 0.3) is 0 Å². The van der Waals surface area contributed by atoms with Crippen molar-refractivity contribution in [2.45, 2.75) is 114 Å². The number of hydrogen-bond donors (Lipinski definition) is 9. The van der Waals surface area contributed by atoms with Gasteiger partial charge in [-0.1, -0.05) is 0 Å². The largest absolute Gasteiger partial charge is 0.481 e. The molecule has 1 aromatic carbocycles. The third kappa shape index (κ3) is 28.2. The molecule has 0 unspecified atom stereocenters. The van der Waals surface area contributed by atoms with Crippen LogP contribution in [0, 0.1) is 0 Å². The van der Waals surface area contributed by atoms with Crippen LogP contribution >= 0.6 is 0 Å². The van der Waals surface area contributed by atoms with Crippen LogP contribution in [0.1, 0.15) is 129 Å². The minimum atomic E-state index is -1.96. The fraction of sp³-hybridized carbons (Fsp3) is 0.533. The van der Waals surface area contributed by atoms with E-state index in [1.54, 1.807) is 0 Å². The standard InChI is InChI=1S/C45H57N3O27/c1-43(19-70-34(61)10-4-28(49)50,20-71-35(62)11-5-29(51)52)46-40(67)25-16-26(41(68)47-44(2,21-72-36(63)12-6-30(53)54)22-73-37(64)13-7-31(55)56)18-27(17-25)42(69)48-45(3,23-74-38(65)14-8-32(57)58)24-75-39(66)15-9-33(59)60/h16-18H,4-15,19-24H2,1-3H3,(H,46,67)(H,47,68)(H,48,69)(H,49,50)(H,51,52)(H,53,54)(H,55,56)(H,57,58)(H,59,60). The maximum absolute atomic E-state index is 14.2. The number of rotatable bonds is 36. The van der Waals surface area contributed by atoms with Crippen LogP contribution in [0.15, 0.2) is 18.2 Å². The summed E-state index contributed by atoms with van der Waals surface area (Å²) in [7, 11) is 0. The number of carboxylic acid groups (broad SMARTS) is 6. The number of carbonyl (C=O) groups is 15. The van der Waals surface area contributed by atoms with Gasteiger partial charge in [-0.25, -0.2) is 0 Å². The van der Waals surface area contributed by atoms with E-state index >= 15 is 0 Å². The third-order valence-corrected chi connectivity index (χ3v) is 9.53. The molecule has 75 heavy (non-hydrogen) atoms. The van der Waals surface area contributed by atoms with Crippen molar-refractivity contribution in [2.75, 3.05) is 39.6 Å². The molecule has 0 fully saturated rings. The van der Waals surface area contributed by atoms with E-state index in [1.807, 2.05) is 0 Å². The van der Waals surface area contributed by atoms with Crippen LogP contribution in [0.2, 0.25) is 0 Å². The maximum atomic E-state index is 14.2. The highest BCUT2D eigenvalue weighted by molar-refractivity contribution is 6.05. The Morgan fingerprint density at radius 3 is 0.587 bits per heavy atom. The van der Waals surface area contributed by atoms with Crippen molar-refractivity contribution in [2.24, 2.45) is 0 Å². The number of aliphatic carboxylic acids is 6. The first kappa shape index (κ1) is 64.3. The number of nitrogens with one attached hydrogen (secondary N) is 3. The molecule has 0 radical (unpaired) electrons. The van der Waals surface area contributed by atoms with Crippen molar-refractivity contribution in [3.8, 4) is 0 Å². The van der Waals surface area contributed by atoms with Crippen LogP contribution in [0.4, 0.5) is 0 Å². The summed E-state index contributed by atoms with van der Waals surface area (Å²) in [6.07, 6.45) is -7.99. The van der Waals surface area contributed by atoms with Gasteiger partial charge in [0.05, 0.1) is 77.0 Å². The van der Waals surface area contributed by atoms with Crippen LogP contribution in [-0.2, 0) is 86.0 Å². The lowest BCUT2D eigenvalue weighted by Crippen LogP contribution is -2.54. The van der Waals surface area contributed by atoms with E-state index in [1.165, 1.54) is 0 Å². The number of benzene rings is 1. The topological polar surface area (TPSA) is 469 Å². The van der Waals surface area contributed by atoms with Crippen LogP contribution in [-0.4, -0.2) is 176 Å². The number of carbonyl (C=O) groups excluding carboxylic acids is 9. The highest BCUT2D eigenvalue weighted by Crippen LogP contribution is 2.19. The highest BCUT2D eigenvalue weighted by atomic mass is 16.6. The normalized spacial score (nSPS) is 11.1. The molecular formula is C45H57N3O27. The van der Waals surface area contributed by atoms with E-state index in [0.29, 0.717) is 0 Å². The Labute approximate surface area is 424 Å². The molecule has 0 aromatic heterocycles. The van der Waals surface area contributed by atoms with Gasteiger partial charge in [0.15, 0.2) is 0 Å². The van der Waals surface area contributed by atoms with Crippen molar-refractivity contribution in [3.05, 3.63) is 34.9 Å². The Bertz CT molecular complexity index is 1980. The van der Waals surface area contributed by atoms with Crippen molar-refractivity contribution < 1.29 is 131 Å². The summed E-state index contributed by atoms with van der Waals surface area (Å²) in [4.78, 5) is 184. The van der Waals surface area contributed by atoms with E-state index in [2.05, 4.69) is 16.0 Å². The molecule has 414 valence electrons. The predicted molar refractivity (Wildman–Crippen MR) is 241 cm³/mol. The minimum Gasteiger partial charge on any atom is -0.481 e. The monoisotopic (exact) mass is 1070 g/mol. The van der Waals surface area contributed by atoms with Gasteiger partial charge in [-0.05, 0) is 39.0 Å². The van der Waals surface area contributed by atoms with Crippen molar-refractivity contribution in [1.29, 1.82) is 0 Å². The van der Waals surface area contributed by atoms with Gasteiger partial charge >= 0.3 is 71.6 Å². The Morgan fingerprint density at radius 1 is 0.307 bits per heavy atom. The van der Waals surface area contributed by atoms with Gasteiger partial charge in [0.25, 0.3) is 17.7 Å². The Kier molecular flexibility index (Phi) is 26.6.